The Bertz CT molecular complexity index is 1320. The molecule has 1 saturated carbocycles. The highest BCUT2D eigenvalue weighted by Gasteiger charge is 2.32. The predicted octanol–water partition coefficient (Wildman–Crippen LogP) is 5.30. The molecule has 2 aliphatic rings. The summed E-state index contributed by atoms with van der Waals surface area (Å²) in [5, 5.41) is 7.16. The zero-order valence-corrected chi connectivity index (χ0v) is 19.0. The zero-order chi connectivity index (χ0) is 20.4. The van der Waals surface area contributed by atoms with Crippen LogP contribution >= 0.6 is 7.92 Å². The monoisotopic (exact) mass is 411 g/mol. The molecule has 2 heterocycles. The van der Waals surface area contributed by atoms with Gasteiger partial charge in [-0.05, 0) is 89.5 Å². The van der Waals surface area contributed by atoms with Crippen LogP contribution in [0.3, 0.4) is 0 Å². The van der Waals surface area contributed by atoms with Gasteiger partial charge in [0.25, 0.3) is 6.33 Å². The highest BCUT2D eigenvalue weighted by molar-refractivity contribution is 7.73. The maximum absolute atomic E-state index is 4.89. The molecule has 1 aliphatic heterocycles. The summed E-state index contributed by atoms with van der Waals surface area (Å²) in [6.07, 6.45) is 8.83. The molecular weight excluding hydrogens is 383 g/mol. The van der Waals surface area contributed by atoms with E-state index in [-0.39, 0.29) is 0 Å². The number of rotatable bonds is 2. The third kappa shape index (κ3) is 2.66. The second-order valence-corrected chi connectivity index (χ2v) is 11.3. The second kappa shape index (κ2) is 6.86. The quantitative estimate of drug-likeness (QED) is 0.323. The van der Waals surface area contributed by atoms with Crippen molar-refractivity contribution in [2.24, 2.45) is 13.0 Å². The molecule has 4 aromatic rings. The van der Waals surface area contributed by atoms with Crippen LogP contribution < -0.4 is 15.2 Å². The Morgan fingerprint density at radius 2 is 1.87 bits per heavy atom. The normalized spacial score (nSPS) is 18.3. The Morgan fingerprint density at radius 1 is 1.07 bits per heavy atom. The fourth-order valence-corrected chi connectivity index (χ4v) is 7.95. The molecule has 1 aliphatic carbocycles. The van der Waals surface area contributed by atoms with Crippen molar-refractivity contribution < 1.29 is 4.57 Å². The molecule has 1 unspecified atom stereocenters. The maximum Gasteiger partial charge on any atom is 0.287 e. The molecular formula is C27H28N2P+. The smallest absolute Gasteiger partial charge is 0.232 e. The average Bonchev–Trinajstić information content (AvgIpc) is 3.26. The van der Waals surface area contributed by atoms with E-state index in [1.807, 2.05) is 6.33 Å². The average molecular weight is 412 g/mol. The van der Waals surface area contributed by atoms with Gasteiger partial charge >= 0.3 is 0 Å². The van der Waals surface area contributed by atoms with Crippen molar-refractivity contribution in [2.75, 3.05) is 6.66 Å². The molecule has 30 heavy (non-hydrogen) atoms. The van der Waals surface area contributed by atoms with Crippen LogP contribution in [0.2, 0.25) is 0 Å². The van der Waals surface area contributed by atoms with Gasteiger partial charge in [0.15, 0.2) is 5.52 Å². The number of benzene rings is 3. The van der Waals surface area contributed by atoms with E-state index in [0.29, 0.717) is 0 Å². The van der Waals surface area contributed by atoms with Gasteiger partial charge in [0.05, 0.1) is 12.4 Å². The lowest BCUT2D eigenvalue weighted by Crippen LogP contribution is -2.37. The maximum atomic E-state index is 4.89. The Hall–Kier alpha value is -2.31. The van der Waals surface area contributed by atoms with Crippen LogP contribution in [0.15, 0.2) is 48.8 Å². The van der Waals surface area contributed by atoms with Gasteiger partial charge in [-0.15, -0.1) is 0 Å². The van der Waals surface area contributed by atoms with Crippen molar-refractivity contribution in [1.82, 2.24) is 4.98 Å². The van der Waals surface area contributed by atoms with Gasteiger partial charge in [-0.25, -0.2) is 4.57 Å². The number of fused-ring (bicyclic) bond motifs is 3. The summed E-state index contributed by atoms with van der Waals surface area (Å²) in [5.74, 6) is 0.860. The highest BCUT2D eigenvalue weighted by atomic mass is 31.1. The first kappa shape index (κ1) is 18.5. The minimum absolute atomic E-state index is 0.402. The van der Waals surface area contributed by atoms with E-state index in [1.54, 1.807) is 0 Å². The van der Waals surface area contributed by atoms with E-state index in [1.165, 1.54) is 86.8 Å². The summed E-state index contributed by atoms with van der Waals surface area (Å²) < 4.78 is 2.24. The van der Waals surface area contributed by atoms with E-state index < -0.39 is 7.92 Å². The van der Waals surface area contributed by atoms with Crippen molar-refractivity contribution in [2.45, 2.75) is 39.0 Å². The molecule has 3 aromatic carbocycles. The van der Waals surface area contributed by atoms with Gasteiger partial charge in [-0.2, -0.15) is 0 Å². The Kier molecular flexibility index (Phi) is 4.22. The molecule has 1 fully saturated rings. The van der Waals surface area contributed by atoms with Gasteiger partial charge in [0.2, 0.25) is 0 Å². The predicted molar refractivity (Wildman–Crippen MR) is 128 cm³/mol. The molecule has 150 valence electrons. The summed E-state index contributed by atoms with van der Waals surface area (Å²) in [4.78, 5) is 4.89. The third-order valence-corrected chi connectivity index (χ3v) is 9.51. The SMILES string of the molecule is Cc1c2c(cc3ccccc13)P(C)c1cc(CC3CCCC3)cc3nc[n+](C)c-2c13. The second-order valence-electron chi connectivity index (χ2n) is 9.24. The molecule has 1 atom stereocenters. The van der Waals surface area contributed by atoms with Gasteiger partial charge in [-0.3, -0.25) is 0 Å². The largest absolute Gasteiger partial charge is 0.287 e. The highest BCUT2D eigenvalue weighted by Crippen LogP contribution is 2.45. The van der Waals surface area contributed by atoms with Crippen molar-refractivity contribution in [3.05, 3.63) is 59.9 Å². The van der Waals surface area contributed by atoms with Crippen LogP contribution in [0.5, 0.6) is 0 Å². The molecule has 0 radical (unpaired) electrons. The van der Waals surface area contributed by atoms with Crippen LogP contribution in [0.25, 0.3) is 32.9 Å². The van der Waals surface area contributed by atoms with E-state index in [2.05, 4.69) is 67.7 Å². The molecule has 0 N–H and O–H groups in total. The van der Waals surface area contributed by atoms with Gasteiger partial charge < -0.3 is 0 Å². The van der Waals surface area contributed by atoms with Crippen molar-refractivity contribution in [3.8, 4) is 11.3 Å². The van der Waals surface area contributed by atoms with Crippen LogP contribution in [0, 0.1) is 12.8 Å². The number of aromatic nitrogens is 2. The molecule has 6 rings (SSSR count). The summed E-state index contributed by atoms with van der Waals surface area (Å²) in [5.41, 5.74) is 6.86. The molecule has 0 saturated heterocycles. The minimum Gasteiger partial charge on any atom is -0.232 e. The molecule has 0 amide bonds. The number of aryl methyl sites for hydroxylation is 2. The topological polar surface area (TPSA) is 16.8 Å². The first-order valence-electron chi connectivity index (χ1n) is 11.2. The summed E-state index contributed by atoms with van der Waals surface area (Å²) in [7, 11) is 1.75. The summed E-state index contributed by atoms with van der Waals surface area (Å²) >= 11 is 0. The first-order chi connectivity index (χ1) is 14.6. The van der Waals surface area contributed by atoms with Crippen molar-refractivity contribution in [3.63, 3.8) is 0 Å². The molecule has 2 nitrogen and oxygen atoms in total. The van der Waals surface area contributed by atoms with Crippen molar-refractivity contribution in [1.29, 1.82) is 0 Å². The third-order valence-electron chi connectivity index (χ3n) is 7.36. The lowest BCUT2D eigenvalue weighted by atomic mass is 9.93. The van der Waals surface area contributed by atoms with Gasteiger partial charge in [0.1, 0.15) is 5.69 Å². The fourth-order valence-electron chi connectivity index (χ4n) is 5.83. The lowest BCUT2D eigenvalue weighted by Gasteiger charge is -2.27. The standard InChI is InChI=1S/C27H28N2P/c1-17-21-11-7-6-10-20(21)15-24-25(17)27-26-22(28-16-29(27)2)13-19(14-23(26)30(24)3)12-18-8-4-5-9-18/h6-7,10-11,13-16,18H,4-5,8-9,12H2,1-3H3/q+1. The van der Waals surface area contributed by atoms with E-state index in [9.17, 15) is 0 Å². The summed E-state index contributed by atoms with van der Waals surface area (Å²) in [6, 6.07) is 16.2. The Labute approximate surface area is 179 Å². The van der Waals surface area contributed by atoms with E-state index >= 15 is 0 Å². The molecule has 0 spiro atoms. The lowest BCUT2D eigenvalue weighted by molar-refractivity contribution is -0.662. The molecule has 0 bridgehead atoms. The van der Waals surface area contributed by atoms with Gasteiger partial charge in [0, 0.05) is 5.56 Å². The zero-order valence-electron chi connectivity index (χ0n) is 18.1. The van der Waals surface area contributed by atoms with E-state index in [0.717, 1.165) is 5.92 Å². The van der Waals surface area contributed by atoms with Crippen LogP contribution in [-0.2, 0) is 13.5 Å². The minimum atomic E-state index is -0.402. The molecule has 1 aromatic heterocycles. The fraction of sp³-hybridized carbons (Fsp3) is 0.333. The number of nitrogens with zero attached hydrogens (tertiary/aromatic N) is 2. The van der Waals surface area contributed by atoms with Gasteiger partial charge in [-0.1, -0.05) is 49.9 Å². The van der Waals surface area contributed by atoms with Crippen LogP contribution in [0.1, 0.15) is 36.8 Å². The number of hydrogen-bond donors (Lipinski definition) is 0. The Morgan fingerprint density at radius 3 is 2.70 bits per heavy atom. The van der Waals surface area contributed by atoms with Crippen LogP contribution in [-0.4, -0.2) is 11.6 Å². The van der Waals surface area contributed by atoms with Crippen molar-refractivity contribution >= 4 is 40.2 Å². The summed E-state index contributed by atoms with van der Waals surface area (Å²) in [6.45, 7) is 4.75. The number of hydrogen-bond acceptors (Lipinski definition) is 1. The van der Waals surface area contributed by atoms with E-state index in [4.69, 9.17) is 4.98 Å². The molecule has 3 heteroatoms. The first-order valence-corrected chi connectivity index (χ1v) is 13.0. The Balaban J connectivity index is 1.65. The van der Waals surface area contributed by atoms with Crippen LogP contribution in [0.4, 0.5) is 0 Å².